The lowest BCUT2D eigenvalue weighted by Crippen LogP contribution is -2.29. The Morgan fingerprint density at radius 2 is 1.96 bits per heavy atom. The lowest BCUT2D eigenvalue weighted by Gasteiger charge is -2.11. The molecular formula is C18H14F2N6O. The molecule has 0 fully saturated rings. The number of halogens is 2. The number of amides is 1. The summed E-state index contributed by atoms with van der Waals surface area (Å²) in [6.45, 7) is 0. The van der Waals surface area contributed by atoms with Crippen LogP contribution in [0.1, 0.15) is 12.8 Å². The van der Waals surface area contributed by atoms with Crippen LogP contribution in [0.3, 0.4) is 0 Å². The first-order valence-electron chi connectivity index (χ1n) is 8.14. The molecule has 3 aromatic rings. The van der Waals surface area contributed by atoms with Gasteiger partial charge >= 0.3 is 0 Å². The van der Waals surface area contributed by atoms with E-state index in [9.17, 15) is 13.6 Å². The molecule has 1 aromatic carbocycles. The molecule has 27 heavy (non-hydrogen) atoms. The standard InChI is InChI=1S/C18H14F2N6O/c19-11-1-2-12(14(20)8-11)18-13(10-5-6-22-15(21)7-10)9-26(25-18)16-3-4-17(27)24-23-16/h1-2,5-9H,3-4H2,(H2,21,22)(H,24,27). The van der Waals surface area contributed by atoms with Crippen LogP contribution in [0.5, 0.6) is 0 Å². The van der Waals surface area contributed by atoms with Crippen molar-refractivity contribution < 1.29 is 13.6 Å². The number of benzene rings is 1. The molecule has 1 aliphatic rings. The van der Waals surface area contributed by atoms with Gasteiger partial charge in [0.1, 0.15) is 23.1 Å². The fourth-order valence-electron chi connectivity index (χ4n) is 2.84. The number of rotatable bonds is 2. The first-order chi connectivity index (χ1) is 13.0. The first-order valence-corrected chi connectivity index (χ1v) is 8.14. The average molecular weight is 368 g/mol. The summed E-state index contributed by atoms with van der Waals surface area (Å²) in [6.07, 6.45) is 3.86. The highest BCUT2D eigenvalue weighted by molar-refractivity contribution is 5.93. The fourth-order valence-corrected chi connectivity index (χ4v) is 2.84. The minimum atomic E-state index is -0.734. The molecule has 0 unspecified atom stereocenters. The molecule has 7 nitrogen and oxygen atoms in total. The summed E-state index contributed by atoms with van der Waals surface area (Å²) < 4.78 is 29.2. The highest BCUT2D eigenvalue weighted by Gasteiger charge is 2.21. The van der Waals surface area contributed by atoms with Crippen molar-refractivity contribution in [3.8, 4) is 22.4 Å². The minimum absolute atomic E-state index is 0.140. The molecule has 9 heteroatoms. The van der Waals surface area contributed by atoms with Crippen LogP contribution >= 0.6 is 0 Å². The summed E-state index contributed by atoms with van der Waals surface area (Å²) >= 11 is 0. The van der Waals surface area contributed by atoms with Gasteiger partial charge in [0, 0.05) is 42.4 Å². The van der Waals surface area contributed by atoms with Crippen molar-refractivity contribution in [3.05, 3.63) is 54.4 Å². The number of anilines is 1. The number of nitrogens with zero attached hydrogens (tertiary/aromatic N) is 4. The fraction of sp³-hybridized carbons (Fsp3) is 0.111. The molecule has 3 N–H and O–H groups in total. The Morgan fingerprint density at radius 3 is 2.67 bits per heavy atom. The van der Waals surface area contributed by atoms with Crippen LogP contribution < -0.4 is 11.2 Å². The number of aromatic nitrogens is 3. The predicted octanol–water partition coefficient (Wildman–Crippen LogP) is 2.54. The van der Waals surface area contributed by atoms with Gasteiger partial charge in [-0.1, -0.05) is 0 Å². The zero-order chi connectivity index (χ0) is 19.0. The Labute approximate surface area is 152 Å². The topological polar surface area (TPSA) is 98.2 Å². The van der Waals surface area contributed by atoms with E-state index in [2.05, 4.69) is 20.6 Å². The monoisotopic (exact) mass is 368 g/mol. The Balaban J connectivity index is 1.89. The van der Waals surface area contributed by atoms with Crippen molar-refractivity contribution in [1.82, 2.24) is 20.2 Å². The molecule has 0 atom stereocenters. The predicted molar refractivity (Wildman–Crippen MR) is 95.4 cm³/mol. The van der Waals surface area contributed by atoms with Crippen LogP contribution in [0, 0.1) is 11.6 Å². The number of nitrogens with two attached hydrogens (primary N) is 1. The molecule has 0 spiro atoms. The van der Waals surface area contributed by atoms with Crippen molar-refractivity contribution in [1.29, 1.82) is 0 Å². The number of nitrogens with one attached hydrogen (secondary N) is 1. The van der Waals surface area contributed by atoms with Gasteiger partial charge in [0.2, 0.25) is 5.91 Å². The molecule has 3 heterocycles. The van der Waals surface area contributed by atoms with Crippen LogP contribution in [0.4, 0.5) is 14.6 Å². The largest absolute Gasteiger partial charge is 0.384 e. The second-order valence-electron chi connectivity index (χ2n) is 5.99. The maximum Gasteiger partial charge on any atom is 0.240 e. The van der Waals surface area contributed by atoms with E-state index in [0.717, 1.165) is 6.07 Å². The lowest BCUT2D eigenvalue weighted by atomic mass is 10.0. The number of hydrazone groups is 1. The van der Waals surface area contributed by atoms with E-state index in [1.807, 2.05) is 0 Å². The number of pyridine rings is 1. The number of carbonyl (C=O) groups excluding carboxylic acids is 1. The number of carbonyl (C=O) groups is 1. The highest BCUT2D eigenvalue weighted by atomic mass is 19.1. The third kappa shape index (κ3) is 3.26. The SMILES string of the molecule is Nc1cc(-c2cn(C3=NNC(=O)CC3)nc2-c2ccc(F)cc2F)ccn1. The molecular weight excluding hydrogens is 354 g/mol. The van der Waals surface area contributed by atoms with Gasteiger partial charge in [0.15, 0.2) is 5.84 Å². The van der Waals surface area contributed by atoms with Crippen LogP contribution in [0.15, 0.2) is 47.8 Å². The van der Waals surface area contributed by atoms with Crippen molar-refractivity contribution in [2.45, 2.75) is 12.8 Å². The molecule has 2 aromatic heterocycles. The van der Waals surface area contributed by atoms with Crippen molar-refractivity contribution in [3.63, 3.8) is 0 Å². The Kier molecular flexibility index (Phi) is 4.11. The molecule has 0 saturated heterocycles. The van der Waals surface area contributed by atoms with Crippen LogP contribution in [-0.4, -0.2) is 26.5 Å². The summed E-state index contributed by atoms with van der Waals surface area (Å²) in [7, 11) is 0. The van der Waals surface area contributed by atoms with Crippen LogP contribution in [0.2, 0.25) is 0 Å². The van der Waals surface area contributed by atoms with Gasteiger partial charge in [-0.15, -0.1) is 0 Å². The van der Waals surface area contributed by atoms with Crippen molar-refractivity contribution >= 4 is 17.6 Å². The van der Waals surface area contributed by atoms with E-state index in [1.54, 1.807) is 18.3 Å². The van der Waals surface area contributed by atoms with E-state index in [1.165, 1.54) is 23.0 Å². The van der Waals surface area contributed by atoms with Gasteiger partial charge in [-0.3, -0.25) is 4.79 Å². The van der Waals surface area contributed by atoms with Crippen LogP contribution in [0.25, 0.3) is 22.4 Å². The zero-order valence-electron chi connectivity index (χ0n) is 14.0. The van der Waals surface area contributed by atoms with E-state index in [-0.39, 0.29) is 17.9 Å². The van der Waals surface area contributed by atoms with Crippen LogP contribution in [-0.2, 0) is 4.79 Å². The molecule has 1 amide bonds. The van der Waals surface area contributed by atoms with E-state index >= 15 is 0 Å². The Bertz CT molecular complexity index is 1080. The zero-order valence-corrected chi connectivity index (χ0v) is 14.0. The van der Waals surface area contributed by atoms with Crippen molar-refractivity contribution in [2.24, 2.45) is 5.10 Å². The number of hydrogen-bond donors (Lipinski definition) is 2. The molecule has 136 valence electrons. The van der Waals surface area contributed by atoms with Crippen molar-refractivity contribution in [2.75, 3.05) is 5.73 Å². The van der Waals surface area contributed by atoms with Gasteiger partial charge in [-0.2, -0.15) is 10.2 Å². The highest BCUT2D eigenvalue weighted by Crippen LogP contribution is 2.33. The quantitative estimate of drug-likeness (QED) is 0.726. The summed E-state index contributed by atoms with van der Waals surface area (Å²) in [4.78, 5) is 15.3. The molecule has 1 aliphatic heterocycles. The summed E-state index contributed by atoms with van der Waals surface area (Å²) in [5.41, 5.74) is 9.86. The second-order valence-corrected chi connectivity index (χ2v) is 5.99. The number of hydrogen-bond acceptors (Lipinski definition) is 5. The summed E-state index contributed by atoms with van der Waals surface area (Å²) in [5, 5.41) is 8.44. The van der Waals surface area contributed by atoms with E-state index in [0.29, 0.717) is 34.9 Å². The smallest absolute Gasteiger partial charge is 0.240 e. The molecule has 0 aliphatic carbocycles. The molecule has 0 saturated carbocycles. The normalized spacial score (nSPS) is 14.0. The third-order valence-electron chi connectivity index (χ3n) is 4.14. The summed E-state index contributed by atoms with van der Waals surface area (Å²) in [5.74, 6) is -0.787. The van der Waals surface area contributed by atoms with Gasteiger partial charge in [-0.25, -0.2) is 23.9 Å². The van der Waals surface area contributed by atoms with Gasteiger partial charge < -0.3 is 5.73 Å². The molecule has 0 bridgehead atoms. The van der Waals surface area contributed by atoms with E-state index in [4.69, 9.17) is 5.73 Å². The minimum Gasteiger partial charge on any atom is -0.384 e. The third-order valence-corrected chi connectivity index (χ3v) is 4.14. The second kappa shape index (κ2) is 6.60. The van der Waals surface area contributed by atoms with Gasteiger partial charge in [0.05, 0.1) is 0 Å². The van der Waals surface area contributed by atoms with E-state index < -0.39 is 11.6 Å². The Hall–Kier alpha value is -3.62. The number of nitrogen functional groups attached to an aromatic ring is 1. The maximum absolute atomic E-state index is 14.4. The van der Waals surface area contributed by atoms with Gasteiger partial charge in [0.25, 0.3) is 0 Å². The first kappa shape index (κ1) is 16.8. The van der Waals surface area contributed by atoms with Gasteiger partial charge in [-0.05, 0) is 29.8 Å². The Morgan fingerprint density at radius 1 is 1.11 bits per heavy atom. The molecule has 0 radical (unpaired) electrons. The average Bonchev–Trinajstić information content (AvgIpc) is 3.07. The molecule has 4 rings (SSSR count). The lowest BCUT2D eigenvalue weighted by molar-refractivity contribution is -0.121. The maximum atomic E-state index is 14.4. The summed E-state index contributed by atoms with van der Waals surface area (Å²) in [6, 6.07) is 6.65.